The van der Waals surface area contributed by atoms with Crippen LogP contribution in [0.1, 0.15) is 134 Å². The molecule has 3 aliphatic heterocycles. The van der Waals surface area contributed by atoms with E-state index in [0.29, 0.717) is 25.1 Å². The minimum atomic E-state index is -2.15. The average molecular weight is 822 g/mol. The molecule has 1 aliphatic carbocycles. The Kier molecular flexibility index (Phi) is 11.7. The largest absolute Gasteiger partial charge is 0.653 e. The van der Waals surface area contributed by atoms with Gasteiger partial charge in [-0.25, -0.2) is 6.42 Å². The molecule has 0 spiro atoms. The molecule has 4 heterocycles. The third kappa shape index (κ3) is 9.28. The van der Waals surface area contributed by atoms with Gasteiger partial charge in [-0.3, -0.25) is 4.99 Å². The minimum Gasteiger partial charge on any atom is -0.653 e. The van der Waals surface area contributed by atoms with Gasteiger partial charge in [0, 0.05) is 49.4 Å². The summed E-state index contributed by atoms with van der Waals surface area (Å²) in [4.78, 5) is 6.77. The van der Waals surface area contributed by atoms with Crippen molar-refractivity contribution in [2.45, 2.75) is 151 Å². The second kappa shape index (κ2) is 16.8. The van der Waals surface area contributed by atoms with Gasteiger partial charge in [0.15, 0.2) is 6.23 Å². The van der Waals surface area contributed by atoms with Gasteiger partial charge in [0.1, 0.15) is 0 Å². The standard InChI is InChI=1S/C25H34N2OS.C13H26O2.Ir/c1-14-9-10-17-16-7-6-8-18(23(16)28-24(17)27-14)21-11-19-20(12-25(3,4)5)15(2)29-22(19)13-26-21;1-5-10(6-2)12(14)9-13(15)11(7-3)8-4;/h8,16-17,21,24H,6-7,9-13H2,1-5H3;9-12,14-15H,5-8H2,1-4H3;/q-2;;/b;13-9-;/t16-,17?,21+,24?;12-;/m01./s1/i1D3,12D2;;. The maximum atomic E-state index is 9.88. The van der Waals surface area contributed by atoms with E-state index in [2.05, 4.69) is 39.1 Å². The second-order valence-electron chi connectivity index (χ2n) is 14.0. The van der Waals surface area contributed by atoms with Gasteiger partial charge in [-0.05, 0) is 97.3 Å². The Bertz CT molecular complexity index is 1390. The second-order valence-corrected chi connectivity index (χ2v) is 15.3. The van der Waals surface area contributed by atoms with Crippen molar-refractivity contribution in [1.82, 2.24) is 0 Å². The molecule has 4 aliphatic rings. The van der Waals surface area contributed by atoms with Crippen LogP contribution >= 0.6 is 11.3 Å². The van der Waals surface area contributed by atoms with E-state index in [1.54, 1.807) is 17.4 Å². The van der Waals surface area contributed by atoms with E-state index < -0.39 is 31.0 Å². The van der Waals surface area contributed by atoms with E-state index in [4.69, 9.17) is 16.9 Å². The fraction of sp³-hybridized carbons (Fsp3) is 0.737. The predicted molar refractivity (Wildman–Crippen MR) is 186 cm³/mol. The van der Waals surface area contributed by atoms with Gasteiger partial charge >= 0.3 is 0 Å². The predicted octanol–water partition coefficient (Wildman–Crippen LogP) is 10.2. The number of hydrogen-bond acceptors (Lipinski definition) is 5. The fourth-order valence-electron chi connectivity index (χ4n) is 7.25. The number of aliphatic hydroxyl groups excluding tert-OH is 2. The van der Waals surface area contributed by atoms with Crippen LogP contribution in [0.5, 0.6) is 0 Å². The molecule has 5 nitrogen and oxygen atoms in total. The SMILES string of the molecule is CCC(CC)/C(O)=C/[C@@H](O)C(CC)CC.[2H]C([2H])([2H])C1=NC2OC3=C([C@H]4Cc5c(sc(C)c5C([2H])([2H])C(C)(C)C)C[N-]4)[CH-]CC[C@H]3C2CC1.[Ir]. The van der Waals surface area contributed by atoms with Crippen LogP contribution in [0, 0.1) is 42.4 Å². The number of ether oxygens (including phenoxy) is 1. The average Bonchev–Trinajstić information content (AvgIpc) is 3.57. The van der Waals surface area contributed by atoms with Crippen LogP contribution in [-0.4, -0.2) is 34.3 Å². The number of thiophene rings is 1. The summed E-state index contributed by atoms with van der Waals surface area (Å²) < 4.78 is 47.6. The van der Waals surface area contributed by atoms with Crippen molar-refractivity contribution < 1.29 is 41.9 Å². The van der Waals surface area contributed by atoms with E-state index in [1.807, 2.05) is 27.7 Å². The Morgan fingerprint density at radius 3 is 2.53 bits per heavy atom. The Balaban J connectivity index is 0.000000361. The monoisotopic (exact) mass is 822 g/mol. The summed E-state index contributed by atoms with van der Waals surface area (Å²) in [7, 11) is 0. The van der Waals surface area contributed by atoms with Crippen molar-refractivity contribution in [3.8, 4) is 0 Å². The maximum Gasteiger partial charge on any atom is 0.171 e. The maximum absolute atomic E-state index is 9.88. The Labute approximate surface area is 299 Å². The Hall–Kier alpha value is -1.11. The third-order valence-electron chi connectivity index (χ3n) is 9.85. The van der Waals surface area contributed by atoms with Crippen molar-refractivity contribution in [3.63, 3.8) is 0 Å². The number of hydrogen-bond donors (Lipinski definition) is 2. The van der Waals surface area contributed by atoms with Crippen LogP contribution in [0.2, 0.25) is 0 Å². The molecule has 7 heteroatoms. The number of rotatable bonds is 9. The zero-order valence-corrected chi connectivity index (χ0v) is 31.9. The van der Waals surface area contributed by atoms with Gasteiger partial charge < -0.3 is 20.3 Å². The molecular weight excluding hydrogens is 757 g/mol. The molecule has 257 valence electrons. The first-order valence-corrected chi connectivity index (χ1v) is 17.9. The molecule has 1 fully saturated rings. The van der Waals surface area contributed by atoms with E-state index in [0.717, 1.165) is 72.3 Å². The molecule has 2 unspecified atom stereocenters. The van der Waals surface area contributed by atoms with Gasteiger partial charge in [0.05, 0.1) is 11.9 Å². The number of nitrogens with zero attached hydrogens (tertiary/aromatic N) is 2. The molecule has 1 aromatic rings. The molecule has 0 aromatic carbocycles. The molecular formula is C38H60IrN2O3S-2. The topological polar surface area (TPSA) is 76.2 Å². The summed E-state index contributed by atoms with van der Waals surface area (Å²) in [5.74, 6) is 2.29. The van der Waals surface area contributed by atoms with E-state index in [1.165, 1.54) is 4.88 Å². The molecule has 1 saturated heterocycles. The van der Waals surface area contributed by atoms with Crippen LogP contribution in [0.4, 0.5) is 0 Å². The zero-order valence-electron chi connectivity index (χ0n) is 33.7. The van der Waals surface area contributed by atoms with Crippen LogP contribution < -0.4 is 0 Å². The normalized spacial score (nSPS) is 27.5. The molecule has 0 amide bonds. The van der Waals surface area contributed by atoms with E-state index in [-0.39, 0.29) is 55.5 Å². The van der Waals surface area contributed by atoms with Gasteiger partial charge in [-0.15, -0.1) is 30.3 Å². The summed E-state index contributed by atoms with van der Waals surface area (Å²) in [5, 5.41) is 24.7. The quantitative estimate of drug-likeness (QED) is 0.192. The van der Waals surface area contributed by atoms with Gasteiger partial charge in [0.2, 0.25) is 0 Å². The van der Waals surface area contributed by atoms with Crippen LogP contribution in [0.15, 0.2) is 28.2 Å². The van der Waals surface area contributed by atoms with Crippen LogP contribution in [-0.2, 0) is 44.2 Å². The molecule has 0 bridgehead atoms. The van der Waals surface area contributed by atoms with Gasteiger partial charge in [-0.1, -0.05) is 67.7 Å². The van der Waals surface area contributed by atoms with E-state index in [9.17, 15) is 10.2 Å². The molecule has 1 aromatic heterocycles. The first-order valence-electron chi connectivity index (χ1n) is 19.6. The summed E-state index contributed by atoms with van der Waals surface area (Å²) in [6.07, 6.45) is 9.26. The third-order valence-corrected chi connectivity index (χ3v) is 11.0. The van der Waals surface area contributed by atoms with Crippen molar-refractivity contribution in [3.05, 3.63) is 55.8 Å². The molecule has 45 heavy (non-hydrogen) atoms. The fourth-order valence-corrected chi connectivity index (χ4v) is 8.34. The molecule has 5 rings (SSSR count). The Morgan fingerprint density at radius 2 is 1.91 bits per heavy atom. The number of fused-ring (bicyclic) bond motifs is 4. The summed E-state index contributed by atoms with van der Waals surface area (Å²) in [5.41, 5.74) is 2.87. The zero-order chi connectivity index (χ0) is 36.5. The number of aliphatic hydroxyl groups is 2. The molecule has 5 atom stereocenters. The van der Waals surface area contributed by atoms with Crippen LogP contribution in [0.3, 0.4) is 0 Å². The number of aliphatic imine (C=N–C) groups is 1. The van der Waals surface area contributed by atoms with Crippen molar-refractivity contribution in [2.75, 3.05) is 0 Å². The number of allylic oxidation sites excluding steroid dienone is 2. The van der Waals surface area contributed by atoms with Crippen molar-refractivity contribution >= 4 is 17.0 Å². The Morgan fingerprint density at radius 1 is 1.20 bits per heavy atom. The first-order chi connectivity index (χ1) is 22.9. The molecule has 0 saturated carbocycles. The summed E-state index contributed by atoms with van der Waals surface area (Å²) >= 11 is 1.68. The summed E-state index contributed by atoms with van der Waals surface area (Å²) in [6, 6.07) is -0.0555. The molecule has 1 radical (unpaired) electrons. The number of aryl methyl sites for hydroxylation is 1. The van der Waals surface area contributed by atoms with Crippen molar-refractivity contribution in [1.29, 1.82) is 0 Å². The van der Waals surface area contributed by atoms with Gasteiger partial charge in [-0.2, -0.15) is 5.57 Å². The smallest absolute Gasteiger partial charge is 0.171 e. The van der Waals surface area contributed by atoms with Crippen molar-refractivity contribution in [2.24, 2.45) is 34.1 Å². The van der Waals surface area contributed by atoms with Gasteiger partial charge in [0.25, 0.3) is 0 Å². The van der Waals surface area contributed by atoms with E-state index >= 15 is 0 Å². The first kappa shape index (κ1) is 31.2. The molecule has 2 N–H and O–H groups in total. The minimum absolute atomic E-state index is 0. The summed E-state index contributed by atoms with van der Waals surface area (Å²) in [6.45, 7) is 14.6. The van der Waals surface area contributed by atoms with Crippen LogP contribution in [0.25, 0.3) is 5.32 Å².